The first kappa shape index (κ1) is 26.0. The Labute approximate surface area is 279 Å². The predicted octanol–water partition coefficient (Wildman–Crippen LogP) is 13.1. The highest BCUT2D eigenvalue weighted by molar-refractivity contribution is 7.26. The van der Waals surface area contributed by atoms with Crippen molar-refractivity contribution in [2.75, 3.05) is 4.90 Å². The van der Waals surface area contributed by atoms with Crippen molar-refractivity contribution in [2.24, 2.45) is 0 Å². The van der Waals surface area contributed by atoms with Crippen molar-refractivity contribution >= 4 is 103 Å². The molecule has 0 aliphatic carbocycles. The number of hydrogen-bond donors (Lipinski definition) is 0. The van der Waals surface area contributed by atoms with Crippen LogP contribution in [0.1, 0.15) is 0 Å². The van der Waals surface area contributed by atoms with Crippen LogP contribution in [0, 0.1) is 0 Å². The van der Waals surface area contributed by atoms with E-state index in [2.05, 4.69) is 161 Å². The van der Waals surface area contributed by atoms with Gasteiger partial charge in [-0.2, -0.15) is 0 Å². The maximum atomic E-state index is 6.72. The SMILES string of the molecule is c1ccc(-n2c3cccc4ccc5cc(N(c6cccc7c6oc6ccccc67)c6cccc7c6sc6ccccc67)cc2c5c43)cc1. The van der Waals surface area contributed by atoms with Gasteiger partial charge in [0.05, 0.1) is 27.1 Å². The second-order valence-corrected chi connectivity index (χ2v) is 13.6. The second-order valence-electron chi connectivity index (χ2n) is 12.5. The third-order valence-corrected chi connectivity index (χ3v) is 11.1. The van der Waals surface area contributed by atoms with Crippen molar-refractivity contribution in [3.8, 4) is 5.69 Å². The zero-order chi connectivity index (χ0) is 31.3. The molecule has 0 unspecified atom stereocenters. The molecule has 0 saturated heterocycles. The molecular weight excluding hydrogens is 605 g/mol. The number of aromatic nitrogens is 1. The molecule has 3 aromatic heterocycles. The monoisotopic (exact) mass is 630 g/mol. The summed E-state index contributed by atoms with van der Waals surface area (Å²) in [4.78, 5) is 2.43. The van der Waals surface area contributed by atoms with Crippen molar-refractivity contribution in [1.29, 1.82) is 0 Å². The van der Waals surface area contributed by atoms with Gasteiger partial charge in [-0.25, -0.2) is 0 Å². The third-order valence-electron chi connectivity index (χ3n) is 9.90. The first-order chi connectivity index (χ1) is 23.8. The lowest BCUT2D eigenvalue weighted by Gasteiger charge is -2.27. The van der Waals surface area contributed by atoms with Crippen LogP contribution in [-0.4, -0.2) is 4.57 Å². The fourth-order valence-electron chi connectivity index (χ4n) is 7.89. The number of para-hydroxylation sites is 3. The van der Waals surface area contributed by atoms with Crippen molar-refractivity contribution in [3.63, 3.8) is 0 Å². The van der Waals surface area contributed by atoms with Gasteiger partial charge < -0.3 is 13.9 Å². The fourth-order valence-corrected chi connectivity index (χ4v) is 9.09. The normalized spacial score (nSPS) is 12.2. The minimum absolute atomic E-state index is 0.881. The number of rotatable bonds is 4. The Balaban J connectivity index is 1.29. The molecule has 48 heavy (non-hydrogen) atoms. The maximum Gasteiger partial charge on any atom is 0.159 e. The summed E-state index contributed by atoms with van der Waals surface area (Å²) in [6.45, 7) is 0. The van der Waals surface area contributed by atoms with Gasteiger partial charge >= 0.3 is 0 Å². The molecule has 0 aliphatic heterocycles. The molecule has 0 aliphatic rings. The first-order valence-electron chi connectivity index (χ1n) is 16.3. The van der Waals surface area contributed by atoms with Gasteiger partial charge in [0.1, 0.15) is 5.58 Å². The Bertz CT molecular complexity index is 2910. The highest BCUT2D eigenvalue weighted by Crippen LogP contribution is 2.49. The van der Waals surface area contributed by atoms with E-state index in [-0.39, 0.29) is 0 Å². The van der Waals surface area contributed by atoms with Crippen LogP contribution < -0.4 is 4.90 Å². The molecule has 224 valence electrons. The molecule has 4 heteroatoms. The van der Waals surface area contributed by atoms with Gasteiger partial charge in [-0.15, -0.1) is 11.3 Å². The molecule has 0 fully saturated rings. The summed E-state index contributed by atoms with van der Waals surface area (Å²) in [5, 5.41) is 9.85. The summed E-state index contributed by atoms with van der Waals surface area (Å²) in [5.74, 6) is 0. The Hall–Kier alpha value is -6.10. The highest BCUT2D eigenvalue weighted by atomic mass is 32.1. The highest BCUT2D eigenvalue weighted by Gasteiger charge is 2.25. The van der Waals surface area contributed by atoms with Crippen LogP contribution in [0.15, 0.2) is 162 Å². The van der Waals surface area contributed by atoms with Crippen molar-refractivity contribution in [3.05, 3.63) is 158 Å². The summed E-state index contributed by atoms with van der Waals surface area (Å²) in [6.07, 6.45) is 0. The molecule has 11 aromatic rings. The van der Waals surface area contributed by atoms with Gasteiger partial charge in [-0.05, 0) is 65.4 Å². The smallest absolute Gasteiger partial charge is 0.159 e. The van der Waals surface area contributed by atoms with Crippen LogP contribution >= 0.6 is 11.3 Å². The Morgan fingerprint density at radius 1 is 0.500 bits per heavy atom. The van der Waals surface area contributed by atoms with Gasteiger partial charge in [0.25, 0.3) is 0 Å². The van der Waals surface area contributed by atoms with E-state index in [1.54, 1.807) is 0 Å². The number of nitrogens with zero attached hydrogens (tertiary/aromatic N) is 2. The average Bonchev–Trinajstić information content (AvgIpc) is 3.82. The topological polar surface area (TPSA) is 21.3 Å². The summed E-state index contributed by atoms with van der Waals surface area (Å²) in [5.41, 5.74) is 8.57. The van der Waals surface area contributed by atoms with Gasteiger partial charge in [0.15, 0.2) is 5.58 Å². The van der Waals surface area contributed by atoms with Crippen LogP contribution in [0.5, 0.6) is 0 Å². The lowest BCUT2D eigenvalue weighted by atomic mass is 10.0. The van der Waals surface area contributed by atoms with Crippen LogP contribution in [0.25, 0.3) is 80.4 Å². The minimum Gasteiger partial charge on any atom is -0.454 e. The quantitative estimate of drug-likeness (QED) is 0.180. The summed E-state index contributed by atoms with van der Waals surface area (Å²) < 4.78 is 11.7. The summed E-state index contributed by atoms with van der Waals surface area (Å²) >= 11 is 1.85. The van der Waals surface area contributed by atoms with Crippen molar-refractivity contribution in [1.82, 2.24) is 4.57 Å². The minimum atomic E-state index is 0.881. The zero-order valence-corrected chi connectivity index (χ0v) is 26.5. The number of hydrogen-bond acceptors (Lipinski definition) is 3. The third kappa shape index (κ3) is 3.52. The van der Waals surface area contributed by atoms with Crippen molar-refractivity contribution in [2.45, 2.75) is 0 Å². The van der Waals surface area contributed by atoms with Gasteiger partial charge in [-0.1, -0.05) is 103 Å². The summed E-state index contributed by atoms with van der Waals surface area (Å²) in [7, 11) is 0. The van der Waals surface area contributed by atoms with E-state index in [1.165, 1.54) is 52.8 Å². The van der Waals surface area contributed by atoms with E-state index in [0.717, 1.165) is 44.7 Å². The molecule has 0 amide bonds. The average molecular weight is 631 g/mol. The lowest BCUT2D eigenvalue weighted by molar-refractivity contribution is 0.669. The largest absolute Gasteiger partial charge is 0.454 e. The van der Waals surface area contributed by atoms with Gasteiger partial charge in [-0.3, -0.25) is 0 Å². The van der Waals surface area contributed by atoms with E-state index in [1.807, 2.05) is 17.4 Å². The molecule has 0 atom stereocenters. The van der Waals surface area contributed by atoms with E-state index < -0.39 is 0 Å². The molecule has 3 heterocycles. The number of furan rings is 1. The van der Waals surface area contributed by atoms with Crippen LogP contribution in [0.4, 0.5) is 17.1 Å². The Kier molecular flexibility index (Phi) is 5.26. The van der Waals surface area contributed by atoms with Crippen LogP contribution in [0.3, 0.4) is 0 Å². The number of anilines is 3. The second kappa shape index (κ2) is 9.71. The molecule has 8 aromatic carbocycles. The lowest BCUT2D eigenvalue weighted by Crippen LogP contribution is -2.10. The van der Waals surface area contributed by atoms with E-state index >= 15 is 0 Å². The number of thiophene rings is 1. The standard InChI is InChI=1S/C44H26N2OS/c1-2-12-29(13-3-1)45-35-18-8-11-27-23-24-28-25-30(26-38(45)42(28)41(27)35)46(36-19-9-16-33-31-14-4-6-21-39(31)47-43(33)36)37-20-10-17-34-32-15-5-7-22-40(32)48-44(34)37/h1-26H. The van der Waals surface area contributed by atoms with Gasteiger partial charge in [0, 0.05) is 48.4 Å². The number of fused-ring (bicyclic) bond motifs is 6. The molecule has 11 rings (SSSR count). The number of benzene rings is 8. The summed E-state index contributed by atoms with van der Waals surface area (Å²) in [6, 6.07) is 57.0. The van der Waals surface area contributed by atoms with Crippen LogP contribution in [0.2, 0.25) is 0 Å². The first-order valence-corrected chi connectivity index (χ1v) is 17.1. The molecule has 0 saturated carbocycles. The molecular formula is C44H26N2OS. The zero-order valence-electron chi connectivity index (χ0n) is 25.7. The van der Waals surface area contributed by atoms with E-state index in [9.17, 15) is 0 Å². The van der Waals surface area contributed by atoms with Crippen molar-refractivity contribution < 1.29 is 4.42 Å². The van der Waals surface area contributed by atoms with Gasteiger partial charge in [0.2, 0.25) is 0 Å². The van der Waals surface area contributed by atoms with Crippen LogP contribution in [-0.2, 0) is 0 Å². The molecule has 3 nitrogen and oxygen atoms in total. The molecule has 0 N–H and O–H groups in total. The molecule has 0 radical (unpaired) electrons. The maximum absolute atomic E-state index is 6.72. The Morgan fingerprint density at radius 3 is 2.12 bits per heavy atom. The van der Waals surface area contributed by atoms with E-state index in [4.69, 9.17) is 4.42 Å². The molecule has 0 bridgehead atoms. The van der Waals surface area contributed by atoms with E-state index in [0.29, 0.717) is 0 Å². The Morgan fingerprint density at radius 2 is 1.21 bits per heavy atom. The fraction of sp³-hybridized carbons (Fsp3) is 0. The predicted molar refractivity (Wildman–Crippen MR) is 204 cm³/mol. The molecule has 0 spiro atoms.